The monoisotopic (exact) mass is 288 g/mol. The van der Waals surface area contributed by atoms with Crippen LogP contribution < -0.4 is 10.2 Å². The molecule has 7 heteroatoms. The molecule has 1 aromatic rings. The molecule has 3 N–H and O–H groups in total. The third-order valence-corrected chi connectivity index (χ3v) is 3.30. The van der Waals surface area contributed by atoms with E-state index in [0.29, 0.717) is 24.7 Å². The van der Waals surface area contributed by atoms with E-state index >= 15 is 0 Å². The number of nitrogens with zero attached hydrogens (tertiary/aromatic N) is 3. The van der Waals surface area contributed by atoms with Gasteiger partial charge in [-0.15, -0.1) is 0 Å². The highest BCUT2D eigenvalue weighted by atomic mass is 79.9. The molecule has 2 atom stereocenters. The fourth-order valence-corrected chi connectivity index (χ4v) is 2.35. The van der Waals surface area contributed by atoms with Crippen molar-refractivity contribution in [1.29, 1.82) is 0 Å². The third-order valence-electron chi connectivity index (χ3n) is 2.57. The van der Waals surface area contributed by atoms with Crippen molar-refractivity contribution in [3.63, 3.8) is 0 Å². The highest BCUT2D eigenvalue weighted by molar-refractivity contribution is 9.10. The van der Waals surface area contributed by atoms with E-state index in [-0.39, 0.29) is 0 Å². The molecule has 0 aromatic carbocycles. The molecule has 0 saturated carbocycles. The summed E-state index contributed by atoms with van der Waals surface area (Å²) in [6.45, 7) is 0.750. The molecule has 1 aliphatic rings. The number of rotatable bonds is 2. The Bertz CT molecular complexity index is 380. The van der Waals surface area contributed by atoms with Crippen LogP contribution in [0.4, 0.5) is 11.6 Å². The van der Waals surface area contributed by atoms with Crippen molar-refractivity contribution in [1.82, 2.24) is 9.97 Å². The van der Waals surface area contributed by atoms with Gasteiger partial charge in [0.25, 0.3) is 0 Å². The molecule has 16 heavy (non-hydrogen) atoms. The fourth-order valence-electron chi connectivity index (χ4n) is 1.70. The number of aliphatic hydroxyl groups excluding tert-OH is 2. The van der Waals surface area contributed by atoms with Gasteiger partial charge >= 0.3 is 0 Å². The topological polar surface area (TPSA) is 81.5 Å². The van der Waals surface area contributed by atoms with Gasteiger partial charge in [0.2, 0.25) is 0 Å². The highest BCUT2D eigenvalue weighted by Crippen LogP contribution is 2.31. The summed E-state index contributed by atoms with van der Waals surface area (Å²) in [5.41, 5.74) is 0. The molecule has 6 nitrogen and oxygen atoms in total. The summed E-state index contributed by atoms with van der Waals surface area (Å²) in [6, 6.07) is 0. The van der Waals surface area contributed by atoms with Crippen LogP contribution >= 0.6 is 15.9 Å². The molecule has 1 fully saturated rings. The second-order valence-electron chi connectivity index (χ2n) is 3.65. The molecule has 2 rings (SSSR count). The second kappa shape index (κ2) is 4.52. The minimum absolute atomic E-state index is 0.375. The minimum Gasteiger partial charge on any atom is -0.389 e. The van der Waals surface area contributed by atoms with Crippen LogP contribution in [0.1, 0.15) is 0 Å². The van der Waals surface area contributed by atoms with Gasteiger partial charge in [-0.2, -0.15) is 0 Å². The van der Waals surface area contributed by atoms with Gasteiger partial charge in [0.1, 0.15) is 22.4 Å². The van der Waals surface area contributed by atoms with Crippen molar-refractivity contribution in [2.24, 2.45) is 0 Å². The molecular formula is C9H13BrN4O2. The van der Waals surface area contributed by atoms with E-state index in [2.05, 4.69) is 31.2 Å². The zero-order chi connectivity index (χ0) is 11.7. The second-order valence-corrected chi connectivity index (χ2v) is 4.44. The van der Waals surface area contributed by atoms with Crippen LogP contribution in [-0.2, 0) is 0 Å². The minimum atomic E-state index is -0.722. The molecule has 0 bridgehead atoms. The van der Waals surface area contributed by atoms with Crippen molar-refractivity contribution >= 4 is 27.6 Å². The van der Waals surface area contributed by atoms with E-state index in [1.807, 2.05) is 4.90 Å². The van der Waals surface area contributed by atoms with Crippen molar-refractivity contribution < 1.29 is 10.2 Å². The van der Waals surface area contributed by atoms with Crippen molar-refractivity contribution in [2.45, 2.75) is 12.2 Å². The quantitative estimate of drug-likeness (QED) is 0.701. The van der Waals surface area contributed by atoms with Crippen LogP contribution in [0.3, 0.4) is 0 Å². The van der Waals surface area contributed by atoms with E-state index in [1.165, 1.54) is 6.33 Å². The maximum atomic E-state index is 9.48. The number of halogens is 1. The van der Waals surface area contributed by atoms with Gasteiger partial charge in [-0.1, -0.05) is 0 Å². The number of hydrogen-bond donors (Lipinski definition) is 3. The molecule has 88 valence electrons. The van der Waals surface area contributed by atoms with Gasteiger partial charge < -0.3 is 20.4 Å². The molecule has 1 aliphatic heterocycles. The van der Waals surface area contributed by atoms with Crippen LogP contribution in [0.5, 0.6) is 0 Å². The maximum Gasteiger partial charge on any atom is 0.148 e. The van der Waals surface area contributed by atoms with E-state index in [9.17, 15) is 10.2 Å². The Balaban J connectivity index is 2.28. The summed E-state index contributed by atoms with van der Waals surface area (Å²) in [6.07, 6.45) is 0.00280. The molecular weight excluding hydrogens is 276 g/mol. The lowest BCUT2D eigenvalue weighted by Gasteiger charge is -2.18. The lowest BCUT2D eigenvalue weighted by molar-refractivity contribution is 0.0572. The van der Waals surface area contributed by atoms with Gasteiger partial charge in [0, 0.05) is 20.1 Å². The largest absolute Gasteiger partial charge is 0.389 e. The summed E-state index contributed by atoms with van der Waals surface area (Å²) in [4.78, 5) is 10.0. The number of anilines is 2. The number of aliphatic hydroxyl groups is 2. The predicted molar refractivity (Wildman–Crippen MR) is 63.5 cm³/mol. The van der Waals surface area contributed by atoms with Crippen molar-refractivity contribution in [3.8, 4) is 0 Å². The maximum absolute atomic E-state index is 9.48. The number of hydrogen-bond acceptors (Lipinski definition) is 6. The van der Waals surface area contributed by atoms with Gasteiger partial charge in [0.05, 0.1) is 12.2 Å². The number of aromatic nitrogens is 2. The zero-order valence-electron chi connectivity index (χ0n) is 8.76. The van der Waals surface area contributed by atoms with E-state index < -0.39 is 12.2 Å². The van der Waals surface area contributed by atoms with E-state index in [0.717, 1.165) is 4.47 Å². The van der Waals surface area contributed by atoms with Crippen LogP contribution in [0.2, 0.25) is 0 Å². The van der Waals surface area contributed by atoms with Gasteiger partial charge in [-0.3, -0.25) is 0 Å². The lowest BCUT2D eigenvalue weighted by Crippen LogP contribution is -2.23. The fraction of sp³-hybridized carbons (Fsp3) is 0.556. The van der Waals surface area contributed by atoms with E-state index in [1.54, 1.807) is 7.05 Å². The first kappa shape index (κ1) is 11.6. The first-order valence-corrected chi connectivity index (χ1v) is 5.72. The normalized spacial score (nSPS) is 24.9. The smallest absolute Gasteiger partial charge is 0.148 e. The Hall–Kier alpha value is -0.920. The molecule has 0 aliphatic carbocycles. The van der Waals surface area contributed by atoms with Gasteiger partial charge in [-0.25, -0.2) is 9.97 Å². The van der Waals surface area contributed by atoms with Gasteiger partial charge in [0.15, 0.2) is 0 Å². The Kier molecular flexibility index (Phi) is 3.27. The van der Waals surface area contributed by atoms with Crippen molar-refractivity contribution in [2.75, 3.05) is 30.4 Å². The Morgan fingerprint density at radius 2 is 2.00 bits per heavy atom. The SMILES string of the molecule is CNc1ncnc(N2CC(O)C(O)C2)c1Br. The standard InChI is InChI=1S/C9H13BrN4O2/c1-11-8-7(10)9(13-4-12-8)14-2-5(15)6(16)3-14/h4-6,15-16H,2-3H2,1H3,(H,11,12,13). The highest BCUT2D eigenvalue weighted by Gasteiger charge is 2.31. The average Bonchev–Trinajstić information content (AvgIpc) is 2.59. The lowest BCUT2D eigenvalue weighted by atomic mass is 10.3. The summed E-state index contributed by atoms with van der Waals surface area (Å²) in [7, 11) is 1.77. The van der Waals surface area contributed by atoms with Crippen LogP contribution in [0.25, 0.3) is 0 Å². The third kappa shape index (κ3) is 1.98. The molecule has 0 radical (unpaired) electrons. The summed E-state index contributed by atoms with van der Waals surface area (Å²) < 4.78 is 0.735. The Morgan fingerprint density at radius 3 is 2.56 bits per heavy atom. The molecule has 2 heterocycles. The Morgan fingerprint density at radius 1 is 1.38 bits per heavy atom. The van der Waals surface area contributed by atoms with Crippen LogP contribution in [0.15, 0.2) is 10.8 Å². The zero-order valence-corrected chi connectivity index (χ0v) is 10.3. The van der Waals surface area contributed by atoms with Gasteiger partial charge in [-0.05, 0) is 15.9 Å². The molecule has 1 saturated heterocycles. The number of β-amino-alcohol motifs (C(OH)–C–C–N with tert-alkyl or cyclic N) is 2. The summed E-state index contributed by atoms with van der Waals surface area (Å²) in [5.74, 6) is 1.36. The van der Waals surface area contributed by atoms with Crippen LogP contribution in [0, 0.1) is 0 Å². The molecule has 0 spiro atoms. The number of nitrogens with one attached hydrogen (secondary N) is 1. The molecule has 1 aromatic heterocycles. The first-order chi connectivity index (χ1) is 7.63. The first-order valence-electron chi connectivity index (χ1n) is 4.92. The molecule has 2 unspecified atom stereocenters. The van der Waals surface area contributed by atoms with Crippen LogP contribution in [-0.4, -0.2) is 52.5 Å². The van der Waals surface area contributed by atoms with E-state index in [4.69, 9.17) is 0 Å². The Labute approximate surface area is 101 Å². The average molecular weight is 289 g/mol. The van der Waals surface area contributed by atoms with Crippen molar-refractivity contribution in [3.05, 3.63) is 10.8 Å². The summed E-state index contributed by atoms with van der Waals surface area (Å²) in [5, 5.41) is 21.9. The predicted octanol–water partition coefficient (Wildman–Crippen LogP) is -0.177. The molecule has 0 amide bonds. The summed E-state index contributed by atoms with van der Waals surface area (Å²) >= 11 is 3.40.